The van der Waals surface area contributed by atoms with Crippen LogP contribution in [0, 0.1) is 11.3 Å². The van der Waals surface area contributed by atoms with E-state index in [1.807, 2.05) is 18.2 Å². The van der Waals surface area contributed by atoms with E-state index in [4.69, 9.17) is 5.41 Å². The minimum atomic E-state index is 0.300. The Morgan fingerprint density at radius 3 is 3.18 bits per heavy atom. The van der Waals surface area contributed by atoms with Crippen molar-refractivity contribution in [2.45, 2.75) is 0 Å². The van der Waals surface area contributed by atoms with Crippen molar-refractivity contribution in [3.8, 4) is 0 Å². The minimum absolute atomic E-state index is 0.300. The Kier molecular flexibility index (Phi) is 1.32. The molecule has 2 aliphatic rings. The summed E-state index contributed by atoms with van der Waals surface area (Å²) in [4.78, 5) is 3.91. The van der Waals surface area contributed by atoms with E-state index in [9.17, 15) is 0 Å². The van der Waals surface area contributed by atoms with Crippen LogP contribution in [0.15, 0.2) is 40.9 Å². The van der Waals surface area contributed by atoms with E-state index in [2.05, 4.69) is 11.1 Å². The van der Waals surface area contributed by atoms with Crippen LogP contribution >= 0.6 is 0 Å². The lowest BCUT2D eigenvalue weighted by atomic mass is 9.94. The van der Waals surface area contributed by atoms with Gasteiger partial charge < -0.3 is 0 Å². The van der Waals surface area contributed by atoms with Crippen molar-refractivity contribution >= 4 is 12.1 Å². The molecule has 2 nitrogen and oxygen atoms in total. The predicted molar refractivity (Wildman–Crippen MR) is 46.1 cm³/mol. The van der Waals surface area contributed by atoms with Crippen LogP contribution in [-0.4, -0.2) is 12.1 Å². The zero-order valence-corrected chi connectivity index (χ0v) is 5.99. The van der Waals surface area contributed by atoms with Gasteiger partial charge in [-0.2, -0.15) is 0 Å². The fourth-order valence-electron chi connectivity index (χ4n) is 1.21. The molecule has 0 bridgehead atoms. The van der Waals surface area contributed by atoms with E-state index in [-0.39, 0.29) is 0 Å². The van der Waals surface area contributed by atoms with Crippen molar-refractivity contribution in [3.63, 3.8) is 0 Å². The first-order valence-corrected chi connectivity index (χ1v) is 3.55. The summed E-state index contributed by atoms with van der Waals surface area (Å²) < 4.78 is 0. The average Bonchev–Trinajstić information content (AvgIpc) is 2.04. The number of allylic oxidation sites excluding steroid dienone is 5. The van der Waals surface area contributed by atoms with E-state index in [1.54, 1.807) is 12.3 Å². The lowest BCUT2D eigenvalue weighted by molar-refractivity contribution is 1.07. The van der Waals surface area contributed by atoms with Crippen LogP contribution in [0.5, 0.6) is 0 Å². The molecule has 0 spiro atoms. The second-order valence-corrected chi connectivity index (χ2v) is 2.58. The largest absolute Gasteiger partial charge is 0.283 e. The maximum atomic E-state index is 7.28. The molecule has 0 saturated heterocycles. The summed E-state index contributed by atoms with van der Waals surface area (Å²) in [6.07, 6.45) is 11.7. The summed E-state index contributed by atoms with van der Waals surface area (Å²) in [6, 6.07) is 0. The molecule has 1 heterocycles. The number of fused-ring (bicyclic) bond motifs is 1. The maximum absolute atomic E-state index is 7.28. The minimum Gasteiger partial charge on any atom is -0.283 e. The molecule has 54 valence electrons. The van der Waals surface area contributed by atoms with Gasteiger partial charge in [0, 0.05) is 12.1 Å². The number of amidine groups is 1. The van der Waals surface area contributed by atoms with Crippen molar-refractivity contribution in [2.75, 3.05) is 0 Å². The molecule has 1 atom stereocenters. The number of hydrogen-bond donors (Lipinski definition) is 1. The molecular weight excluding hydrogens is 136 g/mol. The van der Waals surface area contributed by atoms with E-state index >= 15 is 0 Å². The third kappa shape index (κ3) is 1.07. The van der Waals surface area contributed by atoms with E-state index in [0.29, 0.717) is 11.8 Å². The highest BCUT2D eigenvalue weighted by Crippen LogP contribution is 2.19. The van der Waals surface area contributed by atoms with Gasteiger partial charge in [0.25, 0.3) is 0 Å². The maximum Gasteiger partial charge on any atom is 0.144 e. The molecule has 1 aliphatic heterocycles. The Morgan fingerprint density at radius 2 is 2.27 bits per heavy atom. The lowest BCUT2D eigenvalue weighted by Gasteiger charge is -2.14. The van der Waals surface area contributed by atoms with Gasteiger partial charge in [-0.1, -0.05) is 24.3 Å². The first-order valence-electron chi connectivity index (χ1n) is 3.55. The summed E-state index contributed by atoms with van der Waals surface area (Å²) in [5, 5.41) is 7.28. The first kappa shape index (κ1) is 6.28. The van der Waals surface area contributed by atoms with Crippen LogP contribution in [0.4, 0.5) is 0 Å². The summed E-state index contributed by atoms with van der Waals surface area (Å²) in [6.45, 7) is 0. The first-order chi connectivity index (χ1) is 5.36. The number of nitrogens with one attached hydrogen (secondary N) is 1. The highest BCUT2D eigenvalue weighted by Gasteiger charge is 2.12. The third-order valence-electron chi connectivity index (χ3n) is 1.78. The molecule has 0 aromatic heterocycles. The number of rotatable bonds is 0. The fourth-order valence-corrected chi connectivity index (χ4v) is 1.21. The van der Waals surface area contributed by atoms with E-state index < -0.39 is 0 Å². The molecule has 11 heavy (non-hydrogen) atoms. The SMILES string of the molecule is N=C1C=C2C=CC=CC2C=N1. The van der Waals surface area contributed by atoms with Crippen molar-refractivity contribution in [1.82, 2.24) is 0 Å². The number of dihydropyridines is 1. The van der Waals surface area contributed by atoms with Gasteiger partial charge in [0.1, 0.15) is 5.84 Å². The molecule has 0 amide bonds. The van der Waals surface area contributed by atoms with Crippen LogP contribution in [0.3, 0.4) is 0 Å². The lowest BCUT2D eigenvalue weighted by Crippen LogP contribution is -2.10. The van der Waals surface area contributed by atoms with Gasteiger partial charge in [0.15, 0.2) is 0 Å². The Bertz CT molecular complexity index is 306. The highest BCUT2D eigenvalue weighted by molar-refractivity contribution is 6.01. The Morgan fingerprint density at radius 1 is 1.36 bits per heavy atom. The summed E-state index contributed by atoms with van der Waals surface area (Å²) in [5.41, 5.74) is 1.16. The molecule has 2 rings (SSSR count). The van der Waals surface area contributed by atoms with Crippen LogP contribution in [0.1, 0.15) is 0 Å². The van der Waals surface area contributed by atoms with Crippen LogP contribution in [-0.2, 0) is 0 Å². The molecule has 2 heteroatoms. The summed E-state index contributed by atoms with van der Waals surface area (Å²) >= 11 is 0. The Balaban J connectivity index is 2.39. The molecule has 1 N–H and O–H groups in total. The molecular formula is C9H8N2. The number of aliphatic imine (C=N–C) groups is 1. The number of nitrogens with zero attached hydrogens (tertiary/aromatic N) is 1. The fraction of sp³-hybridized carbons (Fsp3) is 0.111. The zero-order valence-electron chi connectivity index (χ0n) is 5.99. The van der Waals surface area contributed by atoms with Gasteiger partial charge in [0.05, 0.1) is 0 Å². The van der Waals surface area contributed by atoms with Gasteiger partial charge in [-0.15, -0.1) is 0 Å². The molecule has 1 unspecified atom stereocenters. The van der Waals surface area contributed by atoms with Gasteiger partial charge in [-0.25, -0.2) is 4.99 Å². The van der Waals surface area contributed by atoms with Gasteiger partial charge >= 0.3 is 0 Å². The Hall–Kier alpha value is -1.44. The highest BCUT2D eigenvalue weighted by atomic mass is 14.8. The van der Waals surface area contributed by atoms with Crippen LogP contribution < -0.4 is 0 Å². The quantitative estimate of drug-likeness (QED) is 0.537. The molecule has 0 saturated carbocycles. The Labute approximate surface area is 65.2 Å². The molecule has 0 radical (unpaired) electrons. The second kappa shape index (κ2) is 2.31. The zero-order chi connectivity index (χ0) is 7.68. The summed E-state index contributed by atoms with van der Waals surface area (Å²) in [5.74, 6) is 0.644. The molecule has 0 aromatic carbocycles. The van der Waals surface area contributed by atoms with Crippen LogP contribution in [0.2, 0.25) is 0 Å². The van der Waals surface area contributed by atoms with Gasteiger partial charge in [0.2, 0.25) is 0 Å². The van der Waals surface area contributed by atoms with Crippen molar-refractivity contribution in [3.05, 3.63) is 36.0 Å². The standard InChI is InChI=1S/C9H8N2/c10-9-5-7-3-1-2-4-8(7)6-11-9/h1-6,8,10H. The van der Waals surface area contributed by atoms with Gasteiger partial charge in [-0.05, 0) is 11.6 Å². The van der Waals surface area contributed by atoms with Crippen molar-refractivity contribution in [2.24, 2.45) is 10.9 Å². The smallest absolute Gasteiger partial charge is 0.144 e. The second-order valence-electron chi connectivity index (χ2n) is 2.58. The van der Waals surface area contributed by atoms with E-state index in [1.165, 1.54) is 0 Å². The number of hydrogen-bond acceptors (Lipinski definition) is 1. The van der Waals surface area contributed by atoms with E-state index in [0.717, 1.165) is 5.57 Å². The molecule has 0 fully saturated rings. The normalized spacial score (nSPS) is 26.7. The predicted octanol–water partition coefficient (Wildman–Crippen LogP) is 1.72. The average molecular weight is 144 g/mol. The van der Waals surface area contributed by atoms with Crippen LogP contribution in [0.25, 0.3) is 0 Å². The van der Waals surface area contributed by atoms with Gasteiger partial charge in [-0.3, -0.25) is 5.41 Å². The molecule has 1 aliphatic carbocycles. The monoisotopic (exact) mass is 144 g/mol. The summed E-state index contributed by atoms with van der Waals surface area (Å²) in [7, 11) is 0. The van der Waals surface area contributed by atoms with Crippen molar-refractivity contribution in [1.29, 1.82) is 5.41 Å². The third-order valence-corrected chi connectivity index (χ3v) is 1.78. The van der Waals surface area contributed by atoms with Crippen molar-refractivity contribution < 1.29 is 0 Å². The topological polar surface area (TPSA) is 36.2 Å². The molecule has 0 aromatic rings.